The van der Waals surface area contributed by atoms with E-state index >= 15 is 0 Å². The highest BCUT2D eigenvalue weighted by Gasteiger charge is 2.22. The van der Waals surface area contributed by atoms with Crippen molar-refractivity contribution < 1.29 is 19.0 Å². The predicted molar refractivity (Wildman–Crippen MR) is 97.3 cm³/mol. The fourth-order valence-corrected chi connectivity index (χ4v) is 2.53. The van der Waals surface area contributed by atoms with E-state index in [0.29, 0.717) is 22.8 Å². The van der Waals surface area contributed by atoms with Crippen molar-refractivity contribution in [1.29, 1.82) is 5.26 Å². The molecule has 0 amide bonds. The number of cyclic esters (lactones) is 1. The minimum Gasteiger partial charge on any atom is -0.493 e. The van der Waals surface area contributed by atoms with Gasteiger partial charge in [0.25, 0.3) is 0 Å². The van der Waals surface area contributed by atoms with Crippen molar-refractivity contribution >= 4 is 17.8 Å². The number of nitrogens with zero attached hydrogens (tertiary/aromatic N) is 1. The first-order valence-electron chi connectivity index (χ1n) is 8.01. The molecule has 0 unspecified atom stereocenters. The van der Waals surface area contributed by atoms with Crippen molar-refractivity contribution in [2.24, 2.45) is 0 Å². The van der Waals surface area contributed by atoms with Crippen molar-refractivity contribution in [3.63, 3.8) is 0 Å². The van der Waals surface area contributed by atoms with Gasteiger partial charge in [-0.3, -0.25) is 0 Å². The Morgan fingerprint density at radius 2 is 1.92 bits per heavy atom. The van der Waals surface area contributed by atoms with Crippen LogP contribution in [0.25, 0.3) is 11.8 Å². The molecule has 3 rings (SSSR count). The lowest BCUT2D eigenvalue weighted by molar-refractivity contribution is -0.130. The average Bonchev–Trinajstić information content (AvgIpc) is 3.01. The third kappa shape index (κ3) is 3.76. The quantitative estimate of drug-likeness (QED) is 0.606. The van der Waals surface area contributed by atoms with Gasteiger partial charge in [0, 0.05) is 5.56 Å². The van der Waals surface area contributed by atoms with E-state index in [2.05, 4.69) is 0 Å². The Morgan fingerprint density at radius 1 is 1.15 bits per heavy atom. The highest BCUT2D eigenvalue weighted by molar-refractivity contribution is 6.05. The summed E-state index contributed by atoms with van der Waals surface area (Å²) in [5, 5.41) is 8.62. The molecule has 0 N–H and O–H groups in total. The van der Waals surface area contributed by atoms with Crippen LogP contribution in [-0.2, 0) is 9.53 Å². The molecule has 0 aliphatic carbocycles. The monoisotopic (exact) mass is 347 g/mol. The number of ether oxygens (including phenoxy) is 3. The van der Waals surface area contributed by atoms with E-state index < -0.39 is 5.97 Å². The molecule has 0 saturated carbocycles. The first-order chi connectivity index (χ1) is 12.6. The summed E-state index contributed by atoms with van der Waals surface area (Å²) >= 11 is 0. The van der Waals surface area contributed by atoms with Crippen molar-refractivity contribution in [3.8, 4) is 17.6 Å². The van der Waals surface area contributed by atoms with Crippen molar-refractivity contribution in [2.75, 3.05) is 13.7 Å². The van der Waals surface area contributed by atoms with Crippen LogP contribution in [0.5, 0.6) is 11.5 Å². The number of carbonyl (C=O) groups excluding carboxylic acids is 1. The van der Waals surface area contributed by atoms with Crippen LogP contribution >= 0.6 is 0 Å². The molecule has 0 radical (unpaired) electrons. The summed E-state index contributed by atoms with van der Waals surface area (Å²) in [4.78, 5) is 12.2. The molecule has 1 aliphatic heterocycles. The zero-order valence-corrected chi connectivity index (χ0v) is 14.5. The van der Waals surface area contributed by atoms with Gasteiger partial charge in [0.15, 0.2) is 18.1 Å². The highest BCUT2D eigenvalue weighted by Crippen LogP contribution is 2.31. The van der Waals surface area contributed by atoms with Gasteiger partial charge in [0.1, 0.15) is 11.8 Å². The SMILES string of the molecule is COc1cc(/C=C2\C=C(c3ccc(C)cc3)OC2=O)ccc1OCC#N. The smallest absolute Gasteiger partial charge is 0.343 e. The minimum absolute atomic E-state index is 0.0637. The highest BCUT2D eigenvalue weighted by atomic mass is 16.5. The number of methoxy groups -OCH3 is 1. The molecule has 2 aromatic rings. The largest absolute Gasteiger partial charge is 0.493 e. The number of nitriles is 1. The molecule has 0 spiro atoms. The van der Waals surface area contributed by atoms with Crippen molar-refractivity contribution in [3.05, 3.63) is 70.8 Å². The maximum absolute atomic E-state index is 12.2. The lowest BCUT2D eigenvalue weighted by atomic mass is 10.1. The second-order valence-electron chi connectivity index (χ2n) is 5.72. The second-order valence-corrected chi connectivity index (χ2v) is 5.72. The average molecular weight is 347 g/mol. The summed E-state index contributed by atoms with van der Waals surface area (Å²) in [7, 11) is 1.52. The molecule has 0 aromatic heterocycles. The molecule has 1 heterocycles. The summed E-state index contributed by atoms with van der Waals surface area (Å²) in [6.07, 6.45) is 3.44. The number of benzene rings is 2. The second kappa shape index (κ2) is 7.58. The van der Waals surface area contributed by atoms with Gasteiger partial charge in [-0.2, -0.15) is 5.26 Å². The Bertz CT molecular complexity index is 933. The number of aryl methyl sites for hydroxylation is 1. The van der Waals surface area contributed by atoms with Gasteiger partial charge in [-0.1, -0.05) is 35.9 Å². The number of hydrogen-bond acceptors (Lipinski definition) is 5. The molecule has 1 aliphatic rings. The Balaban J connectivity index is 1.88. The fraction of sp³-hybridized carbons (Fsp3) is 0.143. The third-order valence-corrected chi connectivity index (χ3v) is 3.86. The number of rotatable bonds is 5. The van der Waals surface area contributed by atoms with E-state index in [-0.39, 0.29) is 6.61 Å². The lowest BCUT2D eigenvalue weighted by Crippen LogP contribution is -1.98. The van der Waals surface area contributed by atoms with E-state index in [0.717, 1.165) is 16.7 Å². The normalized spacial score (nSPS) is 14.6. The van der Waals surface area contributed by atoms with Gasteiger partial charge in [0.05, 0.1) is 12.7 Å². The van der Waals surface area contributed by atoms with E-state index in [1.165, 1.54) is 7.11 Å². The fourth-order valence-electron chi connectivity index (χ4n) is 2.53. The molecular formula is C21H17NO4. The molecule has 130 valence electrons. The Kier molecular flexibility index (Phi) is 5.04. The number of hydrogen-bond donors (Lipinski definition) is 0. The molecule has 5 nitrogen and oxygen atoms in total. The van der Waals surface area contributed by atoms with Crippen LogP contribution in [0.4, 0.5) is 0 Å². The molecule has 2 aromatic carbocycles. The zero-order valence-electron chi connectivity index (χ0n) is 14.5. The van der Waals surface area contributed by atoms with Gasteiger partial charge < -0.3 is 14.2 Å². The standard InChI is InChI=1S/C21H17NO4/c1-14-3-6-16(7-4-14)19-13-17(21(23)26-19)11-15-5-8-18(25-10-9-22)20(12-15)24-2/h3-8,11-13H,10H2,1-2H3/b17-11+. The van der Waals surface area contributed by atoms with Crippen LogP contribution in [0.2, 0.25) is 0 Å². The maximum atomic E-state index is 12.2. The number of esters is 1. The van der Waals surface area contributed by atoms with Crippen LogP contribution in [0.15, 0.2) is 54.1 Å². The van der Waals surface area contributed by atoms with Gasteiger partial charge in [0.2, 0.25) is 0 Å². The van der Waals surface area contributed by atoms with Crippen LogP contribution in [0.1, 0.15) is 16.7 Å². The molecule has 0 fully saturated rings. The Hall–Kier alpha value is -3.52. The molecular weight excluding hydrogens is 330 g/mol. The summed E-state index contributed by atoms with van der Waals surface area (Å²) in [5.41, 5.74) is 3.21. The van der Waals surface area contributed by atoms with Gasteiger partial charge in [-0.05, 0) is 36.8 Å². The predicted octanol–water partition coefficient (Wildman–Crippen LogP) is 3.89. The minimum atomic E-state index is -0.399. The van der Waals surface area contributed by atoms with E-state index in [1.54, 1.807) is 30.4 Å². The summed E-state index contributed by atoms with van der Waals surface area (Å²) in [6.45, 7) is 1.94. The molecule has 0 bridgehead atoms. The van der Waals surface area contributed by atoms with Gasteiger partial charge >= 0.3 is 5.97 Å². The van der Waals surface area contributed by atoms with E-state index in [1.807, 2.05) is 37.3 Å². The van der Waals surface area contributed by atoms with Crippen LogP contribution in [-0.4, -0.2) is 19.7 Å². The Labute approximate surface area is 151 Å². The van der Waals surface area contributed by atoms with Gasteiger partial charge in [-0.15, -0.1) is 0 Å². The van der Waals surface area contributed by atoms with Crippen molar-refractivity contribution in [2.45, 2.75) is 6.92 Å². The van der Waals surface area contributed by atoms with Crippen molar-refractivity contribution in [1.82, 2.24) is 0 Å². The first kappa shape index (κ1) is 17.3. The molecule has 0 atom stereocenters. The zero-order chi connectivity index (χ0) is 18.5. The van der Waals surface area contributed by atoms with Gasteiger partial charge in [-0.25, -0.2) is 4.79 Å². The van der Waals surface area contributed by atoms with E-state index in [4.69, 9.17) is 19.5 Å². The molecule has 5 heteroatoms. The molecule has 26 heavy (non-hydrogen) atoms. The lowest BCUT2D eigenvalue weighted by Gasteiger charge is -2.08. The number of carbonyl (C=O) groups is 1. The summed E-state index contributed by atoms with van der Waals surface area (Å²) in [5.74, 6) is 1.09. The van der Waals surface area contributed by atoms with E-state index in [9.17, 15) is 4.79 Å². The maximum Gasteiger partial charge on any atom is 0.343 e. The topological polar surface area (TPSA) is 68.6 Å². The Morgan fingerprint density at radius 3 is 2.62 bits per heavy atom. The first-order valence-corrected chi connectivity index (χ1v) is 8.01. The molecule has 0 saturated heterocycles. The summed E-state index contributed by atoms with van der Waals surface area (Å²) in [6, 6.07) is 14.9. The van der Waals surface area contributed by atoms with Crippen LogP contribution in [0, 0.1) is 18.3 Å². The third-order valence-electron chi connectivity index (χ3n) is 3.86. The van der Waals surface area contributed by atoms with Crippen LogP contribution in [0.3, 0.4) is 0 Å². The van der Waals surface area contributed by atoms with Crippen LogP contribution < -0.4 is 9.47 Å². The summed E-state index contributed by atoms with van der Waals surface area (Å²) < 4.78 is 15.9.